The number of Topliss-reactive ketones (excluding diaryl/α,β-unsaturated/α-hetero) is 1. The van der Waals surface area contributed by atoms with Crippen molar-refractivity contribution in [3.63, 3.8) is 0 Å². The number of ether oxygens (including phenoxy) is 3. The van der Waals surface area contributed by atoms with Crippen LogP contribution in [0.1, 0.15) is 33.6 Å². The fraction of sp³-hybridized carbons (Fsp3) is 0.433. The minimum Gasteiger partial charge on any atom is -0.493 e. The summed E-state index contributed by atoms with van der Waals surface area (Å²) >= 11 is 1.48. The second kappa shape index (κ2) is 15.4. The minimum atomic E-state index is -0.138. The Morgan fingerprint density at radius 3 is 2.56 bits per heavy atom. The number of methoxy groups -OCH3 is 2. The third-order valence-electron chi connectivity index (χ3n) is 7.04. The number of urea groups is 1. The Morgan fingerprint density at radius 1 is 1.10 bits per heavy atom. The summed E-state index contributed by atoms with van der Waals surface area (Å²) in [4.78, 5) is 34.5. The van der Waals surface area contributed by atoms with Crippen LogP contribution in [-0.2, 0) is 24.1 Å². The lowest BCUT2D eigenvalue weighted by molar-refractivity contribution is 0.0364. The van der Waals surface area contributed by atoms with Crippen molar-refractivity contribution in [3.05, 3.63) is 69.7 Å². The van der Waals surface area contributed by atoms with E-state index in [2.05, 4.69) is 15.2 Å². The zero-order valence-corrected chi connectivity index (χ0v) is 24.6. The van der Waals surface area contributed by atoms with Crippen LogP contribution in [0.3, 0.4) is 0 Å². The summed E-state index contributed by atoms with van der Waals surface area (Å²) < 4.78 is 16.2. The van der Waals surface area contributed by atoms with Gasteiger partial charge in [-0.1, -0.05) is 12.1 Å². The van der Waals surface area contributed by atoms with Crippen LogP contribution < -0.4 is 20.5 Å². The van der Waals surface area contributed by atoms with E-state index < -0.39 is 0 Å². The molecule has 1 saturated heterocycles. The molecule has 0 unspecified atom stereocenters. The van der Waals surface area contributed by atoms with Crippen LogP contribution in [0.15, 0.2) is 47.3 Å². The van der Waals surface area contributed by atoms with E-state index in [1.165, 1.54) is 11.3 Å². The molecule has 2 aromatic heterocycles. The molecule has 220 valence electrons. The first-order valence-electron chi connectivity index (χ1n) is 13.8. The van der Waals surface area contributed by atoms with Crippen LogP contribution in [0.2, 0.25) is 0 Å². The normalized spacial score (nSPS) is 13.5. The molecule has 0 radical (unpaired) electrons. The lowest BCUT2D eigenvalue weighted by Crippen LogP contribution is -2.42. The smallest absolute Gasteiger partial charge is 0.317 e. The first-order valence-corrected chi connectivity index (χ1v) is 14.7. The number of aromatic nitrogens is 1. The summed E-state index contributed by atoms with van der Waals surface area (Å²) in [5.41, 5.74) is 9.66. The number of hydrogen-bond donors (Lipinski definition) is 2. The first kappa shape index (κ1) is 30.3. The molecule has 1 aromatic carbocycles. The number of carbonyl (C=O) groups excluding carboxylic acids is 2. The second-order valence-electron chi connectivity index (χ2n) is 9.90. The van der Waals surface area contributed by atoms with E-state index in [1.807, 2.05) is 35.0 Å². The van der Waals surface area contributed by atoms with Crippen LogP contribution >= 0.6 is 11.3 Å². The topological polar surface area (TPSA) is 119 Å². The number of nitrogens with one attached hydrogen (secondary N) is 1. The van der Waals surface area contributed by atoms with Crippen molar-refractivity contribution in [3.8, 4) is 11.5 Å². The number of nitrogens with two attached hydrogens (primary N) is 1. The van der Waals surface area contributed by atoms with Crippen molar-refractivity contribution in [2.75, 3.05) is 65.9 Å². The molecule has 3 aromatic rings. The van der Waals surface area contributed by atoms with Crippen LogP contribution in [-0.4, -0.2) is 86.8 Å². The van der Waals surface area contributed by atoms with E-state index in [0.717, 1.165) is 56.0 Å². The van der Waals surface area contributed by atoms with Gasteiger partial charge in [-0.25, -0.2) is 4.79 Å². The maximum Gasteiger partial charge on any atom is 0.317 e. The van der Waals surface area contributed by atoms with Gasteiger partial charge in [-0.05, 0) is 53.1 Å². The van der Waals surface area contributed by atoms with Crippen molar-refractivity contribution in [2.45, 2.75) is 25.8 Å². The molecule has 2 amide bonds. The predicted molar refractivity (Wildman–Crippen MR) is 160 cm³/mol. The Morgan fingerprint density at radius 2 is 1.88 bits per heavy atom. The van der Waals surface area contributed by atoms with Crippen molar-refractivity contribution < 1.29 is 23.8 Å². The molecule has 1 aliphatic heterocycles. The van der Waals surface area contributed by atoms with Gasteiger partial charge in [-0.15, -0.1) is 11.3 Å². The van der Waals surface area contributed by atoms with Gasteiger partial charge in [0.25, 0.3) is 0 Å². The first-order chi connectivity index (χ1) is 20.0. The Hall–Kier alpha value is -3.67. The van der Waals surface area contributed by atoms with Crippen molar-refractivity contribution in [2.24, 2.45) is 0 Å². The summed E-state index contributed by atoms with van der Waals surface area (Å²) in [5, 5.41) is 6.78. The van der Waals surface area contributed by atoms with Gasteiger partial charge in [-0.2, -0.15) is 0 Å². The molecule has 10 nitrogen and oxygen atoms in total. The molecule has 1 aliphatic rings. The predicted octanol–water partition coefficient (Wildman–Crippen LogP) is 3.64. The third-order valence-corrected chi connectivity index (χ3v) is 7.85. The highest BCUT2D eigenvalue weighted by Gasteiger charge is 2.17. The molecular weight excluding hydrogens is 542 g/mol. The number of rotatable bonds is 14. The SMILES string of the molecule is COc1ccc(CCNC(=O)N(CCCN2CCOCC2)Cc2ccc(C(=O)Cc3cscc3N)nc2)cc1OC. The molecule has 0 aliphatic carbocycles. The van der Waals surface area contributed by atoms with Gasteiger partial charge in [-0.3, -0.25) is 14.7 Å². The number of thiophene rings is 1. The lowest BCUT2D eigenvalue weighted by atomic mass is 10.1. The summed E-state index contributed by atoms with van der Waals surface area (Å²) in [6, 6.07) is 9.20. The molecule has 41 heavy (non-hydrogen) atoms. The van der Waals surface area contributed by atoms with E-state index in [0.29, 0.717) is 48.9 Å². The zero-order chi connectivity index (χ0) is 29.0. The fourth-order valence-electron chi connectivity index (χ4n) is 4.67. The number of carbonyl (C=O) groups is 2. The number of amides is 2. The number of nitrogen functional groups attached to an aromatic ring is 1. The molecule has 11 heteroatoms. The average molecular weight is 582 g/mol. The number of nitrogens with zero attached hydrogens (tertiary/aromatic N) is 3. The highest BCUT2D eigenvalue weighted by atomic mass is 32.1. The number of ketones is 1. The molecule has 0 bridgehead atoms. The number of pyridine rings is 1. The van der Waals surface area contributed by atoms with Crippen LogP contribution in [0.5, 0.6) is 11.5 Å². The monoisotopic (exact) mass is 581 g/mol. The molecule has 0 saturated carbocycles. The van der Waals surface area contributed by atoms with Crippen molar-refractivity contribution in [1.29, 1.82) is 0 Å². The summed E-state index contributed by atoms with van der Waals surface area (Å²) in [6.07, 6.45) is 3.39. The maximum atomic E-state index is 13.3. The summed E-state index contributed by atoms with van der Waals surface area (Å²) in [6.45, 7) is 5.68. The number of hydrogen-bond acceptors (Lipinski definition) is 9. The maximum absolute atomic E-state index is 13.3. The zero-order valence-electron chi connectivity index (χ0n) is 23.8. The van der Waals surface area contributed by atoms with E-state index in [-0.39, 0.29) is 18.2 Å². The molecule has 0 spiro atoms. The van der Waals surface area contributed by atoms with E-state index >= 15 is 0 Å². The second-order valence-corrected chi connectivity index (χ2v) is 10.6. The third kappa shape index (κ3) is 8.91. The van der Waals surface area contributed by atoms with Crippen LogP contribution in [0.4, 0.5) is 10.5 Å². The van der Waals surface area contributed by atoms with Gasteiger partial charge in [0.05, 0.1) is 27.4 Å². The Bertz CT molecular complexity index is 1280. The summed E-state index contributed by atoms with van der Waals surface area (Å²) in [5.74, 6) is 1.25. The molecule has 3 heterocycles. The Labute approximate surface area is 245 Å². The molecular formula is C30H39N5O5S. The lowest BCUT2D eigenvalue weighted by Gasteiger charge is -2.28. The van der Waals surface area contributed by atoms with E-state index in [4.69, 9.17) is 19.9 Å². The van der Waals surface area contributed by atoms with Crippen molar-refractivity contribution in [1.82, 2.24) is 20.1 Å². The minimum absolute atomic E-state index is 0.0862. The fourth-order valence-corrected chi connectivity index (χ4v) is 5.42. The number of anilines is 1. The van der Waals surface area contributed by atoms with Crippen LogP contribution in [0.25, 0.3) is 0 Å². The van der Waals surface area contributed by atoms with E-state index in [9.17, 15) is 9.59 Å². The van der Waals surface area contributed by atoms with Gasteiger partial charge in [0, 0.05) is 63.0 Å². The quantitative estimate of drug-likeness (QED) is 0.277. The standard InChI is InChI=1S/C30H39N5O5S/c1-38-28-7-5-22(16-29(28)39-2)8-9-32-30(37)35(11-3-10-34-12-14-40-15-13-34)19-23-4-6-26(33-18-23)27(36)17-24-20-41-21-25(24)31/h4-7,16,18,20-21H,3,8-15,17,19,31H2,1-2H3,(H,32,37). The molecule has 1 fully saturated rings. The molecule has 3 N–H and O–H groups in total. The van der Waals surface area contributed by atoms with Crippen molar-refractivity contribution >= 4 is 28.8 Å². The van der Waals surface area contributed by atoms with Gasteiger partial charge in [0.1, 0.15) is 5.69 Å². The molecule has 4 rings (SSSR count). The van der Waals surface area contributed by atoms with Gasteiger partial charge >= 0.3 is 6.03 Å². The Balaban J connectivity index is 1.35. The van der Waals surface area contributed by atoms with Gasteiger partial charge in [0.15, 0.2) is 17.3 Å². The van der Waals surface area contributed by atoms with Gasteiger partial charge in [0.2, 0.25) is 0 Å². The highest BCUT2D eigenvalue weighted by molar-refractivity contribution is 7.08. The van der Waals surface area contributed by atoms with E-state index in [1.54, 1.807) is 31.4 Å². The largest absolute Gasteiger partial charge is 0.493 e. The Kier molecular flexibility index (Phi) is 11.4. The summed E-state index contributed by atoms with van der Waals surface area (Å²) in [7, 11) is 3.21. The number of benzene rings is 1. The average Bonchev–Trinajstić information content (AvgIpc) is 3.41. The molecule has 0 atom stereocenters. The van der Waals surface area contributed by atoms with Crippen LogP contribution in [0, 0.1) is 0 Å². The number of morpholine rings is 1. The highest BCUT2D eigenvalue weighted by Crippen LogP contribution is 2.27. The van der Waals surface area contributed by atoms with Gasteiger partial charge < -0.3 is 30.2 Å².